The number of ether oxygens (including phenoxy) is 1. The number of carbonyl (C=O) groups excluding carboxylic acids is 1. The van der Waals surface area contributed by atoms with Gasteiger partial charge in [-0.05, 0) is 29.3 Å². The Labute approximate surface area is 127 Å². The lowest BCUT2D eigenvalue weighted by Gasteiger charge is -2.07. The van der Waals surface area contributed by atoms with E-state index in [9.17, 15) is 4.79 Å². The first-order chi connectivity index (χ1) is 9.69. The lowest BCUT2D eigenvalue weighted by Crippen LogP contribution is -2.24. The zero-order valence-electron chi connectivity index (χ0n) is 11.2. The van der Waals surface area contributed by atoms with E-state index in [1.165, 1.54) is 0 Å². The van der Waals surface area contributed by atoms with Crippen LogP contribution in [0.4, 0.5) is 0 Å². The molecule has 2 aromatic rings. The van der Waals surface area contributed by atoms with Gasteiger partial charge in [0.15, 0.2) is 0 Å². The van der Waals surface area contributed by atoms with E-state index in [0.717, 1.165) is 21.3 Å². The summed E-state index contributed by atoms with van der Waals surface area (Å²) in [6.45, 7) is 0.524. The predicted molar refractivity (Wildman–Crippen MR) is 82.7 cm³/mol. The first-order valence-electron chi connectivity index (χ1n) is 6.32. The van der Waals surface area contributed by atoms with Gasteiger partial charge in [0.25, 0.3) is 0 Å². The molecule has 0 aliphatic carbocycles. The summed E-state index contributed by atoms with van der Waals surface area (Å²) in [7, 11) is 1.62. The molecule has 20 heavy (non-hydrogen) atoms. The van der Waals surface area contributed by atoms with Crippen LogP contribution in [-0.4, -0.2) is 13.0 Å². The molecule has 1 amide bonds. The average Bonchev–Trinajstić information content (AvgIpc) is 2.47. The number of amides is 1. The SMILES string of the molecule is COc1ccc(CC(=O)NCc2ccccc2Br)cc1. The van der Waals surface area contributed by atoms with Gasteiger partial charge < -0.3 is 10.1 Å². The Morgan fingerprint density at radius 2 is 1.85 bits per heavy atom. The van der Waals surface area contributed by atoms with Crippen molar-refractivity contribution in [3.05, 3.63) is 64.1 Å². The van der Waals surface area contributed by atoms with Crippen LogP contribution in [0, 0.1) is 0 Å². The average molecular weight is 334 g/mol. The van der Waals surface area contributed by atoms with E-state index in [-0.39, 0.29) is 5.91 Å². The Morgan fingerprint density at radius 3 is 2.50 bits per heavy atom. The van der Waals surface area contributed by atoms with E-state index >= 15 is 0 Å². The van der Waals surface area contributed by atoms with Crippen molar-refractivity contribution >= 4 is 21.8 Å². The van der Waals surface area contributed by atoms with Gasteiger partial charge in [-0.25, -0.2) is 0 Å². The summed E-state index contributed by atoms with van der Waals surface area (Å²) in [6, 6.07) is 15.4. The minimum Gasteiger partial charge on any atom is -0.497 e. The van der Waals surface area contributed by atoms with Crippen LogP contribution in [-0.2, 0) is 17.8 Å². The van der Waals surface area contributed by atoms with Crippen molar-refractivity contribution < 1.29 is 9.53 Å². The summed E-state index contributed by atoms with van der Waals surface area (Å²) in [6.07, 6.45) is 0.369. The van der Waals surface area contributed by atoms with Crippen molar-refractivity contribution in [3.63, 3.8) is 0 Å². The minimum atomic E-state index is 0.00548. The number of nitrogens with one attached hydrogen (secondary N) is 1. The maximum atomic E-state index is 11.9. The molecule has 104 valence electrons. The lowest BCUT2D eigenvalue weighted by atomic mass is 10.1. The van der Waals surface area contributed by atoms with Crippen molar-refractivity contribution in [2.45, 2.75) is 13.0 Å². The number of rotatable bonds is 5. The van der Waals surface area contributed by atoms with Crippen molar-refractivity contribution in [3.8, 4) is 5.75 Å². The highest BCUT2D eigenvalue weighted by atomic mass is 79.9. The fraction of sp³-hybridized carbons (Fsp3) is 0.188. The molecule has 0 spiro atoms. The van der Waals surface area contributed by atoms with Crippen LogP contribution >= 0.6 is 15.9 Å². The predicted octanol–water partition coefficient (Wildman–Crippen LogP) is 3.32. The standard InChI is InChI=1S/C16H16BrNO2/c1-20-14-8-6-12(7-9-14)10-16(19)18-11-13-4-2-3-5-15(13)17/h2-9H,10-11H2,1H3,(H,18,19). The molecule has 4 heteroatoms. The monoisotopic (exact) mass is 333 g/mol. The molecule has 0 heterocycles. The highest BCUT2D eigenvalue weighted by molar-refractivity contribution is 9.10. The van der Waals surface area contributed by atoms with Gasteiger partial charge in [-0.1, -0.05) is 46.3 Å². The molecule has 0 fully saturated rings. The number of hydrogen-bond acceptors (Lipinski definition) is 2. The lowest BCUT2D eigenvalue weighted by molar-refractivity contribution is -0.120. The van der Waals surface area contributed by atoms with Gasteiger partial charge >= 0.3 is 0 Å². The van der Waals surface area contributed by atoms with E-state index in [1.807, 2.05) is 48.5 Å². The van der Waals surface area contributed by atoms with Crippen LogP contribution in [0.25, 0.3) is 0 Å². The molecule has 1 N–H and O–H groups in total. The van der Waals surface area contributed by atoms with E-state index in [4.69, 9.17) is 4.74 Å². The van der Waals surface area contributed by atoms with Crippen LogP contribution in [0.1, 0.15) is 11.1 Å². The molecule has 0 atom stereocenters. The van der Waals surface area contributed by atoms with Gasteiger partial charge in [0.1, 0.15) is 5.75 Å². The smallest absolute Gasteiger partial charge is 0.224 e. The fourth-order valence-electron chi connectivity index (χ4n) is 1.83. The van der Waals surface area contributed by atoms with E-state index in [2.05, 4.69) is 21.2 Å². The molecule has 0 unspecified atom stereocenters. The van der Waals surface area contributed by atoms with Crippen LogP contribution in [0.15, 0.2) is 53.0 Å². The first-order valence-corrected chi connectivity index (χ1v) is 7.11. The van der Waals surface area contributed by atoms with E-state index in [0.29, 0.717) is 13.0 Å². The Bertz CT molecular complexity index is 581. The molecule has 0 aliphatic heterocycles. The number of methoxy groups -OCH3 is 1. The molecule has 0 radical (unpaired) electrons. The Hall–Kier alpha value is -1.81. The fourth-order valence-corrected chi connectivity index (χ4v) is 2.25. The summed E-state index contributed by atoms with van der Waals surface area (Å²) in [5.74, 6) is 0.799. The molecule has 0 bridgehead atoms. The highest BCUT2D eigenvalue weighted by Gasteiger charge is 2.05. The normalized spacial score (nSPS) is 10.1. The topological polar surface area (TPSA) is 38.3 Å². The zero-order chi connectivity index (χ0) is 14.4. The second-order valence-corrected chi connectivity index (χ2v) is 5.25. The second-order valence-electron chi connectivity index (χ2n) is 4.39. The molecule has 2 rings (SSSR count). The van der Waals surface area contributed by atoms with Crippen LogP contribution < -0.4 is 10.1 Å². The highest BCUT2D eigenvalue weighted by Crippen LogP contribution is 2.15. The minimum absolute atomic E-state index is 0.00548. The summed E-state index contributed by atoms with van der Waals surface area (Å²) in [5.41, 5.74) is 2.03. The van der Waals surface area contributed by atoms with E-state index in [1.54, 1.807) is 7.11 Å². The van der Waals surface area contributed by atoms with Crippen molar-refractivity contribution in [2.75, 3.05) is 7.11 Å². The third kappa shape index (κ3) is 4.10. The quantitative estimate of drug-likeness (QED) is 0.911. The van der Waals surface area contributed by atoms with Crippen LogP contribution in [0.2, 0.25) is 0 Å². The van der Waals surface area contributed by atoms with Gasteiger partial charge in [-0.15, -0.1) is 0 Å². The largest absolute Gasteiger partial charge is 0.497 e. The van der Waals surface area contributed by atoms with Gasteiger partial charge in [0, 0.05) is 11.0 Å². The van der Waals surface area contributed by atoms with E-state index < -0.39 is 0 Å². The molecule has 0 aromatic heterocycles. The Balaban J connectivity index is 1.87. The number of carbonyl (C=O) groups is 1. The first kappa shape index (κ1) is 14.6. The van der Waals surface area contributed by atoms with Gasteiger partial charge in [0.2, 0.25) is 5.91 Å². The van der Waals surface area contributed by atoms with Crippen molar-refractivity contribution in [2.24, 2.45) is 0 Å². The number of benzene rings is 2. The Kier molecular flexibility index (Phi) is 5.18. The summed E-state index contributed by atoms with van der Waals surface area (Å²) in [5, 5.41) is 2.92. The van der Waals surface area contributed by atoms with Gasteiger partial charge in [-0.3, -0.25) is 4.79 Å². The third-order valence-electron chi connectivity index (χ3n) is 2.96. The van der Waals surface area contributed by atoms with Crippen LogP contribution in [0.3, 0.4) is 0 Å². The molecular weight excluding hydrogens is 318 g/mol. The molecule has 0 saturated carbocycles. The summed E-state index contributed by atoms with van der Waals surface area (Å²) < 4.78 is 6.09. The molecular formula is C16H16BrNO2. The van der Waals surface area contributed by atoms with Gasteiger partial charge in [0.05, 0.1) is 13.5 Å². The van der Waals surface area contributed by atoms with Crippen molar-refractivity contribution in [1.29, 1.82) is 0 Å². The summed E-state index contributed by atoms with van der Waals surface area (Å²) in [4.78, 5) is 11.9. The second kappa shape index (κ2) is 7.10. The molecule has 2 aromatic carbocycles. The maximum Gasteiger partial charge on any atom is 0.224 e. The zero-order valence-corrected chi connectivity index (χ0v) is 12.8. The number of hydrogen-bond donors (Lipinski definition) is 1. The summed E-state index contributed by atoms with van der Waals surface area (Å²) >= 11 is 3.46. The molecule has 0 aliphatic rings. The van der Waals surface area contributed by atoms with Crippen LogP contribution in [0.5, 0.6) is 5.75 Å². The third-order valence-corrected chi connectivity index (χ3v) is 3.73. The molecule has 0 saturated heterocycles. The number of halogens is 1. The van der Waals surface area contributed by atoms with Gasteiger partial charge in [-0.2, -0.15) is 0 Å². The molecule has 3 nitrogen and oxygen atoms in total. The maximum absolute atomic E-state index is 11.9. The van der Waals surface area contributed by atoms with Crippen molar-refractivity contribution in [1.82, 2.24) is 5.32 Å². The Morgan fingerprint density at radius 1 is 1.15 bits per heavy atom.